The van der Waals surface area contributed by atoms with E-state index < -0.39 is 5.97 Å². The summed E-state index contributed by atoms with van der Waals surface area (Å²) in [5.74, 6) is -0.685. The largest absolute Gasteiger partial charge is 1.00 e. The summed E-state index contributed by atoms with van der Waals surface area (Å²) in [7, 11) is 0. The van der Waals surface area contributed by atoms with E-state index >= 15 is 0 Å². The molecule has 64 valence electrons. The Labute approximate surface area is 136 Å². The Bertz CT molecular complexity index is 242. The average Bonchev–Trinajstić information content (AvgIpc) is 1.88. The Morgan fingerprint density at radius 2 is 2.00 bits per heavy atom. The summed E-state index contributed by atoms with van der Waals surface area (Å²) >= 11 is 7.45. The van der Waals surface area contributed by atoms with Gasteiger partial charge in [-0.25, -0.2) is 4.79 Å². The van der Waals surface area contributed by atoms with Crippen molar-refractivity contribution in [1.82, 2.24) is 0 Å². The predicted molar refractivity (Wildman–Crippen MR) is 49.5 cm³/mol. The Balaban J connectivity index is -0.0000000833. The van der Waals surface area contributed by atoms with Gasteiger partial charge in [-0.2, -0.15) is 5.26 Å². The number of carbonyl (C=O) groups excluding carboxylic acids is 1. The number of hydrogen-bond donors (Lipinski definition) is 2. The van der Waals surface area contributed by atoms with Crippen molar-refractivity contribution in [3.05, 3.63) is 9.81 Å². The van der Waals surface area contributed by atoms with Gasteiger partial charge in [0.2, 0.25) is 0 Å². The summed E-state index contributed by atoms with van der Waals surface area (Å²) in [5, 5.41) is 8.39. The van der Waals surface area contributed by atoms with E-state index in [-0.39, 0.29) is 78.4 Å². The third-order valence-electron chi connectivity index (χ3n) is 0.815. The average molecular weight is 237 g/mol. The van der Waals surface area contributed by atoms with Gasteiger partial charge in [-0.05, 0) is 6.92 Å². The topological polar surface area (TPSA) is 50.1 Å². The minimum Gasteiger partial charge on any atom is -1.00 e. The van der Waals surface area contributed by atoms with E-state index in [9.17, 15) is 4.79 Å². The molecule has 0 rings (SSSR count). The maximum absolute atomic E-state index is 10.8. The Morgan fingerprint density at radius 1 is 1.54 bits per heavy atom. The molecular weight excluding hydrogens is 228 g/mol. The number of nitrogens with zero attached hydrogens (tertiary/aromatic N) is 1. The summed E-state index contributed by atoms with van der Waals surface area (Å²) in [5.41, 5.74) is -0.168. The van der Waals surface area contributed by atoms with Gasteiger partial charge in [-0.15, -0.1) is 25.3 Å². The fourth-order valence-corrected chi connectivity index (χ4v) is 0.673. The zero-order valence-electron chi connectivity index (χ0n) is 9.87. The number of rotatable bonds is 2. The molecule has 0 spiro atoms. The molecule has 0 aliphatic carbocycles. The van der Waals surface area contributed by atoms with Crippen molar-refractivity contribution in [3.63, 3.8) is 0 Å². The number of thiol groups is 2. The first kappa shape index (κ1) is 19.9. The maximum Gasteiger partial charge on any atom is 1.00 e. The molecule has 0 aromatic carbocycles. The van der Waals surface area contributed by atoms with E-state index in [4.69, 9.17) is 5.26 Å². The monoisotopic (exact) mass is 237 g/mol. The molecule has 0 aromatic heterocycles. The second-order valence-corrected chi connectivity index (χ2v) is 2.78. The summed E-state index contributed by atoms with van der Waals surface area (Å²) in [6.07, 6.45) is 0. The summed E-state index contributed by atoms with van der Waals surface area (Å²) in [6, 6.07) is 1.64. The summed E-state index contributed by atoms with van der Waals surface area (Å²) < 4.78 is 4.61. The summed E-state index contributed by atoms with van der Waals surface area (Å²) in [6.45, 7) is 1.89. The van der Waals surface area contributed by atoms with Crippen LogP contribution in [0.1, 0.15) is 9.78 Å². The SMILES string of the molecule is CCOC(=O)C(C#N)=C(S)S.[H-].[H-].[Na+].[Na+]. The van der Waals surface area contributed by atoms with Crippen LogP contribution in [0.2, 0.25) is 0 Å². The van der Waals surface area contributed by atoms with Crippen LogP contribution in [-0.2, 0) is 9.53 Å². The second-order valence-electron chi connectivity index (χ2n) is 1.53. The van der Waals surface area contributed by atoms with E-state index in [0.717, 1.165) is 0 Å². The first-order chi connectivity index (χ1) is 5.13. The molecule has 0 atom stereocenters. The Morgan fingerprint density at radius 3 is 2.23 bits per heavy atom. The van der Waals surface area contributed by atoms with Gasteiger partial charge in [0.15, 0.2) is 5.57 Å². The van der Waals surface area contributed by atoms with Gasteiger partial charge in [0.05, 0.1) is 10.8 Å². The predicted octanol–water partition coefficient (Wildman–Crippen LogP) is -4.62. The van der Waals surface area contributed by atoms with Gasteiger partial charge in [0.25, 0.3) is 0 Å². The molecular formula is C6H9NNa2O2S2. The van der Waals surface area contributed by atoms with Gasteiger partial charge in [0, 0.05) is 0 Å². The Kier molecular flexibility index (Phi) is 17.6. The fraction of sp³-hybridized carbons (Fsp3) is 0.333. The van der Waals surface area contributed by atoms with Crippen LogP contribution in [0.5, 0.6) is 0 Å². The molecule has 13 heavy (non-hydrogen) atoms. The molecule has 3 nitrogen and oxygen atoms in total. The molecule has 0 saturated heterocycles. The zero-order valence-corrected chi connectivity index (χ0v) is 13.7. The van der Waals surface area contributed by atoms with E-state index in [1.165, 1.54) is 0 Å². The molecule has 0 radical (unpaired) electrons. The van der Waals surface area contributed by atoms with Crippen molar-refractivity contribution in [1.29, 1.82) is 5.26 Å². The third kappa shape index (κ3) is 8.40. The van der Waals surface area contributed by atoms with Crippen molar-refractivity contribution < 1.29 is 71.5 Å². The number of ether oxygens (including phenoxy) is 1. The fourth-order valence-electron chi connectivity index (χ4n) is 0.390. The van der Waals surface area contributed by atoms with E-state index in [1.54, 1.807) is 13.0 Å². The maximum atomic E-state index is 10.8. The third-order valence-corrected chi connectivity index (χ3v) is 1.26. The zero-order chi connectivity index (χ0) is 8.85. The number of esters is 1. The minimum absolute atomic E-state index is 0. The normalized spacial score (nSPS) is 6.92. The number of hydrogen-bond acceptors (Lipinski definition) is 5. The van der Waals surface area contributed by atoms with Crippen molar-refractivity contribution in [3.8, 4) is 6.07 Å². The van der Waals surface area contributed by atoms with Gasteiger partial charge >= 0.3 is 65.1 Å². The molecule has 0 aliphatic rings. The summed E-state index contributed by atoms with van der Waals surface area (Å²) in [4.78, 5) is 10.8. The van der Waals surface area contributed by atoms with Crippen LogP contribution in [0, 0.1) is 11.3 Å². The smallest absolute Gasteiger partial charge is 1.00 e. The van der Waals surface area contributed by atoms with E-state index in [0.29, 0.717) is 0 Å². The quantitative estimate of drug-likeness (QED) is 0.167. The molecule has 0 saturated carbocycles. The standard InChI is InChI=1S/C6H7NO2S2.2Na.2H/c1-2-9-5(8)4(3-7)6(10)11;;;;/h10-11H,2H2,1H3;;;;/q;2*+1;2*-1. The van der Waals surface area contributed by atoms with E-state index in [1.807, 2.05) is 0 Å². The Hall–Kier alpha value is 1.40. The molecule has 0 bridgehead atoms. The van der Waals surface area contributed by atoms with Crippen molar-refractivity contribution in [2.45, 2.75) is 6.92 Å². The van der Waals surface area contributed by atoms with Gasteiger partial charge in [-0.3, -0.25) is 0 Å². The van der Waals surface area contributed by atoms with Crippen molar-refractivity contribution in [2.24, 2.45) is 0 Å². The minimum atomic E-state index is -0.685. The van der Waals surface area contributed by atoms with Crippen LogP contribution in [0.3, 0.4) is 0 Å². The first-order valence-electron chi connectivity index (χ1n) is 2.82. The van der Waals surface area contributed by atoms with Crippen LogP contribution in [0.15, 0.2) is 9.81 Å². The molecule has 7 heteroatoms. The molecule has 0 amide bonds. The molecule has 0 heterocycles. The van der Waals surface area contributed by atoms with Crippen molar-refractivity contribution >= 4 is 31.2 Å². The van der Waals surface area contributed by atoms with Crippen molar-refractivity contribution in [2.75, 3.05) is 6.61 Å². The van der Waals surface area contributed by atoms with E-state index in [2.05, 4.69) is 30.0 Å². The first-order valence-corrected chi connectivity index (χ1v) is 3.72. The molecule has 0 aromatic rings. The van der Waals surface area contributed by atoms with Crippen LogP contribution >= 0.6 is 25.3 Å². The van der Waals surface area contributed by atoms with Crippen LogP contribution < -0.4 is 59.1 Å². The molecule has 0 fully saturated rings. The number of carbonyl (C=O) groups is 1. The number of nitriles is 1. The van der Waals surface area contributed by atoms with Gasteiger partial charge < -0.3 is 7.59 Å². The van der Waals surface area contributed by atoms with Crippen LogP contribution in [0.4, 0.5) is 0 Å². The molecule has 0 unspecified atom stereocenters. The van der Waals surface area contributed by atoms with Gasteiger partial charge in [0.1, 0.15) is 6.07 Å². The molecule has 0 aliphatic heterocycles. The van der Waals surface area contributed by atoms with Crippen LogP contribution in [0.25, 0.3) is 0 Å². The second kappa shape index (κ2) is 11.5. The molecule has 0 N–H and O–H groups in total. The van der Waals surface area contributed by atoms with Gasteiger partial charge in [-0.1, -0.05) is 0 Å². The van der Waals surface area contributed by atoms with Crippen LogP contribution in [-0.4, -0.2) is 12.6 Å².